The number of benzene rings is 2. The van der Waals surface area contributed by atoms with Crippen molar-refractivity contribution < 1.29 is 41.0 Å². The molecule has 4 rings (SSSR count). The lowest BCUT2D eigenvalue weighted by molar-refractivity contribution is -0.138. The molecule has 2 fully saturated rings. The molecule has 0 spiro atoms. The fourth-order valence-corrected chi connectivity index (χ4v) is 4.66. The van der Waals surface area contributed by atoms with E-state index >= 15 is 0 Å². The molecule has 0 radical (unpaired) electrons. The number of aliphatic hydroxyl groups excluding tert-OH is 1. The molecule has 0 unspecified atom stereocenters. The van der Waals surface area contributed by atoms with E-state index in [1.54, 1.807) is 0 Å². The first-order valence-corrected chi connectivity index (χ1v) is 9.86. The van der Waals surface area contributed by atoms with Crippen LogP contribution in [0.3, 0.4) is 0 Å². The topological polar surface area (TPSA) is 58.6 Å². The zero-order chi connectivity index (χ0) is 23.4. The second-order valence-corrected chi connectivity index (χ2v) is 8.08. The average molecular weight is 459 g/mol. The summed E-state index contributed by atoms with van der Waals surface area (Å²) in [6.07, 6.45) is -11.7. The van der Waals surface area contributed by atoms with E-state index in [4.69, 9.17) is 4.74 Å². The molecule has 1 amide bonds. The van der Waals surface area contributed by atoms with Crippen LogP contribution in [0.4, 0.5) is 32.0 Å². The normalized spacial score (nSPS) is 27.6. The van der Waals surface area contributed by atoms with Gasteiger partial charge in [-0.15, -0.1) is 0 Å². The van der Waals surface area contributed by atoms with E-state index in [-0.39, 0.29) is 23.2 Å². The molecule has 0 saturated carbocycles. The number of carbonyl (C=O) groups is 1. The van der Waals surface area contributed by atoms with Crippen LogP contribution in [0, 0.1) is 12.8 Å². The van der Waals surface area contributed by atoms with E-state index in [2.05, 4.69) is 5.32 Å². The predicted octanol–water partition coefficient (Wildman–Crippen LogP) is 4.90. The van der Waals surface area contributed by atoms with Gasteiger partial charge in [0.25, 0.3) is 0 Å². The third-order valence-corrected chi connectivity index (χ3v) is 6.13. The zero-order valence-corrected chi connectivity index (χ0v) is 16.7. The van der Waals surface area contributed by atoms with Gasteiger partial charge in [-0.3, -0.25) is 4.79 Å². The highest BCUT2D eigenvalue weighted by molar-refractivity contribution is 5.95. The van der Waals surface area contributed by atoms with Crippen molar-refractivity contribution in [2.24, 2.45) is 5.92 Å². The van der Waals surface area contributed by atoms with Gasteiger partial charge in [-0.1, -0.05) is 24.3 Å². The van der Waals surface area contributed by atoms with Crippen LogP contribution in [0.25, 0.3) is 0 Å². The van der Waals surface area contributed by atoms with Gasteiger partial charge in [0.15, 0.2) is 0 Å². The number of amides is 1. The lowest BCUT2D eigenvalue weighted by Gasteiger charge is -2.30. The second kappa shape index (κ2) is 7.77. The first kappa shape index (κ1) is 22.6. The Bertz CT molecular complexity index is 1040. The number of nitrogens with one attached hydrogen (secondary N) is 1. The van der Waals surface area contributed by atoms with Crippen LogP contribution >= 0.6 is 0 Å². The van der Waals surface area contributed by atoms with Gasteiger partial charge in [0.1, 0.15) is 0 Å². The Hall–Kier alpha value is -2.59. The number of hydrogen-bond acceptors (Lipinski definition) is 3. The van der Waals surface area contributed by atoms with Crippen molar-refractivity contribution in [3.05, 3.63) is 64.7 Å². The van der Waals surface area contributed by atoms with Crippen molar-refractivity contribution in [2.45, 2.75) is 49.9 Å². The number of fused-ring (bicyclic) bond motifs is 2. The number of rotatable bonds is 3. The van der Waals surface area contributed by atoms with E-state index in [0.29, 0.717) is 0 Å². The summed E-state index contributed by atoms with van der Waals surface area (Å²) < 4.78 is 84.8. The third-order valence-electron chi connectivity index (χ3n) is 6.13. The Morgan fingerprint density at radius 3 is 2.41 bits per heavy atom. The van der Waals surface area contributed by atoms with Crippen molar-refractivity contribution in [1.29, 1.82) is 0 Å². The van der Waals surface area contributed by atoms with Crippen LogP contribution in [-0.4, -0.2) is 29.3 Å². The van der Waals surface area contributed by atoms with Crippen LogP contribution in [0.2, 0.25) is 0 Å². The Morgan fingerprint density at radius 1 is 1.06 bits per heavy atom. The fourth-order valence-electron chi connectivity index (χ4n) is 4.66. The standard InChI is InChI=1S/C22H19F6NO3/c1-10-13(22(26,27)28)6-3-7-14(10)29-20(31)18-16-9-15(30)19(32-16)17(18)11-4-2-5-12(8-11)21(23,24)25/h2-8,15-19,30H,9H2,1H3,(H,29,31)/t15-,16+,17+,18-,19-/m0/s1. The van der Waals surface area contributed by atoms with E-state index in [1.165, 1.54) is 25.1 Å². The summed E-state index contributed by atoms with van der Waals surface area (Å²) in [5, 5.41) is 12.7. The van der Waals surface area contributed by atoms with Crippen LogP contribution in [-0.2, 0) is 21.9 Å². The first-order chi connectivity index (χ1) is 14.9. The molecule has 2 heterocycles. The summed E-state index contributed by atoms with van der Waals surface area (Å²) in [7, 11) is 0. The van der Waals surface area contributed by atoms with Gasteiger partial charge in [0.2, 0.25) is 5.91 Å². The molecule has 2 bridgehead atoms. The van der Waals surface area contributed by atoms with Gasteiger partial charge in [-0.2, -0.15) is 26.3 Å². The molecular weight excluding hydrogens is 440 g/mol. The van der Waals surface area contributed by atoms with Crippen molar-refractivity contribution in [2.75, 3.05) is 5.32 Å². The van der Waals surface area contributed by atoms with Crippen molar-refractivity contribution in [3.8, 4) is 0 Å². The third kappa shape index (κ3) is 3.97. The molecule has 5 atom stereocenters. The van der Waals surface area contributed by atoms with E-state index in [9.17, 15) is 36.2 Å². The van der Waals surface area contributed by atoms with Crippen LogP contribution in [0.15, 0.2) is 42.5 Å². The number of carbonyl (C=O) groups excluding carboxylic acids is 1. The van der Waals surface area contributed by atoms with E-state index in [1.807, 2.05) is 0 Å². The Balaban J connectivity index is 1.66. The Labute approximate surface area is 179 Å². The highest BCUT2D eigenvalue weighted by Crippen LogP contribution is 2.50. The maximum absolute atomic E-state index is 13.2. The highest BCUT2D eigenvalue weighted by Gasteiger charge is 2.57. The molecule has 172 valence electrons. The molecule has 0 aromatic heterocycles. The number of halogens is 6. The minimum Gasteiger partial charge on any atom is -0.390 e. The van der Waals surface area contributed by atoms with Gasteiger partial charge < -0.3 is 15.2 Å². The smallest absolute Gasteiger partial charge is 0.390 e. The SMILES string of the molecule is Cc1c(NC(=O)[C@@H]2[C@@H](c3cccc(C(F)(F)F)c3)[C@H]3O[C@@H]2C[C@@H]3O)cccc1C(F)(F)F. The average Bonchev–Trinajstić information content (AvgIpc) is 3.25. The first-order valence-electron chi connectivity index (χ1n) is 9.86. The molecule has 10 heteroatoms. The fraction of sp³-hybridized carbons (Fsp3) is 0.409. The maximum Gasteiger partial charge on any atom is 0.416 e. The highest BCUT2D eigenvalue weighted by atomic mass is 19.4. The lowest BCUT2D eigenvalue weighted by Crippen LogP contribution is -2.41. The molecule has 2 aromatic carbocycles. The lowest BCUT2D eigenvalue weighted by atomic mass is 9.73. The Morgan fingerprint density at radius 2 is 1.75 bits per heavy atom. The monoisotopic (exact) mass is 459 g/mol. The van der Waals surface area contributed by atoms with Crippen LogP contribution in [0.1, 0.15) is 34.6 Å². The van der Waals surface area contributed by atoms with Gasteiger partial charge in [-0.25, -0.2) is 0 Å². The van der Waals surface area contributed by atoms with Gasteiger partial charge in [0, 0.05) is 18.0 Å². The predicted molar refractivity (Wildman–Crippen MR) is 102 cm³/mol. The number of aliphatic hydroxyl groups is 1. The van der Waals surface area contributed by atoms with E-state index in [0.717, 1.165) is 24.3 Å². The summed E-state index contributed by atoms with van der Waals surface area (Å²) in [6.45, 7) is 1.23. The molecule has 0 aliphatic carbocycles. The second-order valence-electron chi connectivity index (χ2n) is 8.08. The minimum atomic E-state index is -4.61. The van der Waals surface area contributed by atoms with Crippen LogP contribution < -0.4 is 5.32 Å². The minimum absolute atomic E-state index is 0.0454. The number of alkyl halides is 6. The molecule has 32 heavy (non-hydrogen) atoms. The summed E-state index contributed by atoms with van der Waals surface area (Å²) in [5.74, 6) is -2.52. The quantitative estimate of drug-likeness (QED) is 0.642. The van der Waals surface area contributed by atoms with E-state index < -0.39 is 59.5 Å². The zero-order valence-electron chi connectivity index (χ0n) is 16.7. The number of hydrogen-bond donors (Lipinski definition) is 2. The van der Waals surface area contributed by atoms with Gasteiger partial charge >= 0.3 is 12.4 Å². The van der Waals surface area contributed by atoms with Crippen molar-refractivity contribution >= 4 is 11.6 Å². The van der Waals surface area contributed by atoms with Crippen molar-refractivity contribution in [1.82, 2.24) is 0 Å². The summed E-state index contributed by atoms with van der Waals surface area (Å²) in [4.78, 5) is 13.1. The summed E-state index contributed by atoms with van der Waals surface area (Å²) in [6, 6.07) is 7.83. The molecule has 4 nitrogen and oxygen atoms in total. The molecular formula is C22H19F6NO3. The summed E-state index contributed by atoms with van der Waals surface area (Å²) >= 11 is 0. The van der Waals surface area contributed by atoms with Crippen LogP contribution in [0.5, 0.6) is 0 Å². The number of ether oxygens (including phenoxy) is 1. The molecule has 2 aromatic rings. The molecule has 2 N–H and O–H groups in total. The molecule has 2 aliphatic rings. The maximum atomic E-state index is 13.2. The van der Waals surface area contributed by atoms with Gasteiger partial charge in [-0.05, 0) is 36.2 Å². The number of anilines is 1. The molecule has 2 aliphatic heterocycles. The molecule has 2 saturated heterocycles. The van der Waals surface area contributed by atoms with Gasteiger partial charge in [0.05, 0.1) is 35.4 Å². The van der Waals surface area contributed by atoms with Crippen molar-refractivity contribution in [3.63, 3.8) is 0 Å². The Kier molecular flexibility index (Phi) is 5.49. The largest absolute Gasteiger partial charge is 0.416 e. The summed E-state index contributed by atoms with van der Waals surface area (Å²) in [5.41, 5.74) is -1.85.